The van der Waals surface area contributed by atoms with Crippen LogP contribution in [0.1, 0.15) is 41.5 Å². The van der Waals surface area contributed by atoms with Gasteiger partial charge in [-0.25, -0.2) is 4.99 Å². The summed E-state index contributed by atoms with van der Waals surface area (Å²) in [6.45, 7) is 9.66. The molecule has 170 valence electrons. The van der Waals surface area contributed by atoms with Gasteiger partial charge in [0, 0.05) is 40.8 Å². The van der Waals surface area contributed by atoms with E-state index in [0.29, 0.717) is 13.1 Å². The highest BCUT2D eigenvalue weighted by atomic mass is 16.7. The van der Waals surface area contributed by atoms with Crippen molar-refractivity contribution in [1.29, 1.82) is 0 Å². The van der Waals surface area contributed by atoms with E-state index in [4.69, 9.17) is 23.7 Å². The highest BCUT2D eigenvalue weighted by Gasteiger charge is 2.52. The lowest BCUT2D eigenvalue weighted by atomic mass is 9.97. The third-order valence-corrected chi connectivity index (χ3v) is 4.16. The Labute approximate surface area is 175 Å². The summed E-state index contributed by atoms with van der Waals surface area (Å²) in [5, 5.41) is 0. The van der Waals surface area contributed by atoms with E-state index in [2.05, 4.69) is 4.99 Å². The van der Waals surface area contributed by atoms with Crippen LogP contribution in [-0.4, -0.2) is 85.5 Å². The van der Waals surface area contributed by atoms with Gasteiger partial charge >= 0.3 is 23.9 Å². The van der Waals surface area contributed by atoms with Crippen LogP contribution in [0, 0.1) is 0 Å². The lowest BCUT2D eigenvalue weighted by Crippen LogP contribution is -2.62. The fourth-order valence-corrected chi connectivity index (χ4v) is 2.87. The minimum atomic E-state index is -1.22. The zero-order valence-electron chi connectivity index (χ0n) is 18.2. The number of hydrogen-bond acceptors (Lipinski definition) is 10. The molecule has 0 radical (unpaired) electrons. The molecule has 5 atom stereocenters. The summed E-state index contributed by atoms with van der Waals surface area (Å²) in [6, 6.07) is 0. The van der Waals surface area contributed by atoms with Gasteiger partial charge in [-0.3, -0.25) is 19.2 Å². The van der Waals surface area contributed by atoms with Crippen LogP contribution in [-0.2, 0) is 42.9 Å². The maximum absolute atomic E-state index is 11.7. The monoisotopic (exact) mass is 430 g/mol. The predicted molar refractivity (Wildman–Crippen MR) is 103 cm³/mol. The van der Waals surface area contributed by atoms with Gasteiger partial charge in [-0.05, 0) is 13.8 Å². The topological polar surface area (TPSA) is 130 Å². The molecule has 1 fully saturated rings. The van der Waals surface area contributed by atoms with Crippen LogP contribution in [0.2, 0.25) is 0 Å². The number of carbonyl (C=O) groups is 4. The summed E-state index contributed by atoms with van der Waals surface area (Å²) in [4.78, 5) is 52.6. The Morgan fingerprint density at radius 3 is 1.80 bits per heavy atom. The molecule has 0 N–H and O–H groups in total. The van der Waals surface area contributed by atoms with Gasteiger partial charge in [0.25, 0.3) is 0 Å². The third-order valence-electron chi connectivity index (χ3n) is 4.16. The Morgan fingerprint density at radius 2 is 1.33 bits per heavy atom. The minimum Gasteiger partial charge on any atom is -0.463 e. The largest absolute Gasteiger partial charge is 0.463 e. The summed E-state index contributed by atoms with van der Waals surface area (Å²) in [5.41, 5.74) is 0. The third kappa shape index (κ3) is 7.97. The average Bonchev–Trinajstić information content (AvgIpc) is 2.64. The molecule has 1 heterocycles. The minimum absolute atomic E-state index is 0.283. The SMILES string of the molecule is CCN(/C=N/[C@@H]1O[C@H](COC(C)=O)[C@@H](OC(C)=O)[C@H](OC(C)=O)[C@H]1OC(C)=O)CC. The number of nitrogens with zero attached hydrogens (tertiary/aromatic N) is 2. The summed E-state index contributed by atoms with van der Waals surface area (Å²) in [7, 11) is 0. The molecule has 1 aliphatic rings. The van der Waals surface area contributed by atoms with Gasteiger partial charge in [-0.2, -0.15) is 0 Å². The molecule has 11 heteroatoms. The van der Waals surface area contributed by atoms with Gasteiger partial charge in [-0.15, -0.1) is 0 Å². The molecule has 0 aliphatic carbocycles. The number of carbonyl (C=O) groups excluding carboxylic acids is 4. The standard InChI is InChI=1S/C19H30N2O9/c1-7-21(8-2)10-20-19-18(29-14(6)25)17(28-13(5)24)16(27-12(4)23)15(30-19)9-26-11(3)22/h10,15-19H,7-9H2,1-6H3/b20-10+/t15-,16-,17+,18-,19-/m1/s1. The van der Waals surface area contributed by atoms with Crippen LogP contribution in [0.5, 0.6) is 0 Å². The summed E-state index contributed by atoms with van der Waals surface area (Å²) < 4.78 is 26.8. The highest BCUT2D eigenvalue weighted by molar-refractivity contribution is 5.69. The Balaban J connectivity index is 3.35. The predicted octanol–water partition coefficient (Wildman–Crippen LogP) is 0.440. The maximum Gasteiger partial charge on any atom is 0.303 e. The molecule has 0 aromatic rings. The van der Waals surface area contributed by atoms with Crippen LogP contribution in [0.25, 0.3) is 0 Å². The van der Waals surface area contributed by atoms with E-state index in [0.717, 1.165) is 0 Å². The molecule has 0 saturated carbocycles. The van der Waals surface area contributed by atoms with Gasteiger partial charge in [-0.1, -0.05) is 0 Å². The Bertz CT molecular complexity index is 648. The molecule has 0 bridgehead atoms. The van der Waals surface area contributed by atoms with E-state index >= 15 is 0 Å². The van der Waals surface area contributed by atoms with Crippen LogP contribution in [0.15, 0.2) is 4.99 Å². The van der Waals surface area contributed by atoms with Crippen molar-refractivity contribution in [3.8, 4) is 0 Å². The smallest absolute Gasteiger partial charge is 0.303 e. The Morgan fingerprint density at radius 1 is 0.833 bits per heavy atom. The fourth-order valence-electron chi connectivity index (χ4n) is 2.87. The molecule has 30 heavy (non-hydrogen) atoms. The fraction of sp³-hybridized carbons (Fsp3) is 0.737. The van der Waals surface area contributed by atoms with Crippen molar-refractivity contribution in [2.75, 3.05) is 19.7 Å². The molecule has 0 aromatic heterocycles. The first kappa shape index (κ1) is 25.3. The summed E-state index contributed by atoms with van der Waals surface area (Å²) in [6.07, 6.45) is -4.16. The molecule has 0 unspecified atom stereocenters. The Kier molecular flexibility index (Phi) is 10.2. The van der Waals surface area contributed by atoms with E-state index in [1.54, 1.807) is 0 Å². The first-order valence-electron chi connectivity index (χ1n) is 9.66. The van der Waals surface area contributed by atoms with Crippen LogP contribution in [0.4, 0.5) is 0 Å². The quantitative estimate of drug-likeness (QED) is 0.220. The molecule has 1 saturated heterocycles. The first-order valence-corrected chi connectivity index (χ1v) is 9.66. The van der Waals surface area contributed by atoms with Crippen molar-refractivity contribution in [1.82, 2.24) is 4.90 Å². The molecule has 11 nitrogen and oxygen atoms in total. The van der Waals surface area contributed by atoms with E-state index in [1.807, 2.05) is 18.7 Å². The van der Waals surface area contributed by atoms with Crippen molar-refractivity contribution in [3.05, 3.63) is 0 Å². The van der Waals surface area contributed by atoms with Gasteiger partial charge in [0.2, 0.25) is 0 Å². The van der Waals surface area contributed by atoms with Gasteiger partial charge in [0.1, 0.15) is 12.7 Å². The van der Waals surface area contributed by atoms with Crippen LogP contribution < -0.4 is 0 Å². The Hall–Kier alpha value is -2.69. The van der Waals surface area contributed by atoms with E-state index in [-0.39, 0.29) is 6.61 Å². The zero-order valence-corrected chi connectivity index (χ0v) is 18.2. The molecule has 1 aliphatic heterocycles. The average molecular weight is 430 g/mol. The van der Waals surface area contributed by atoms with Crippen LogP contribution >= 0.6 is 0 Å². The van der Waals surface area contributed by atoms with E-state index < -0.39 is 54.5 Å². The molecule has 0 spiro atoms. The van der Waals surface area contributed by atoms with Crippen molar-refractivity contribution >= 4 is 30.2 Å². The number of ether oxygens (including phenoxy) is 5. The van der Waals surface area contributed by atoms with Crippen molar-refractivity contribution < 1.29 is 42.9 Å². The van der Waals surface area contributed by atoms with Crippen LogP contribution in [0.3, 0.4) is 0 Å². The normalized spacial score (nSPS) is 26.0. The second kappa shape index (κ2) is 12.1. The van der Waals surface area contributed by atoms with Crippen molar-refractivity contribution in [2.45, 2.75) is 72.2 Å². The van der Waals surface area contributed by atoms with E-state index in [1.165, 1.54) is 34.0 Å². The van der Waals surface area contributed by atoms with E-state index in [9.17, 15) is 19.2 Å². The highest BCUT2D eigenvalue weighted by Crippen LogP contribution is 2.29. The first-order chi connectivity index (χ1) is 14.1. The van der Waals surface area contributed by atoms with Gasteiger partial charge in [0.05, 0.1) is 6.34 Å². The molecule has 0 amide bonds. The van der Waals surface area contributed by atoms with Crippen molar-refractivity contribution in [2.24, 2.45) is 4.99 Å². The number of esters is 4. The molecular weight excluding hydrogens is 400 g/mol. The van der Waals surface area contributed by atoms with Crippen molar-refractivity contribution in [3.63, 3.8) is 0 Å². The maximum atomic E-state index is 11.7. The molecular formula is C19H30N2O9. The van der Waals surface area contributed by atoms with Gasteiger partial charge < -0.3 is 28.6 Å². The molecule has 0 aromatic carbocycles. The number of rotatable bonds is 9. The second-order valence-corrected chi connectivity index (χ2v) is 6.58. The van der Waals surface area contributed by atoms with Gasteiger partial charge in [0.15, 0.2) is 24.5 Å². The summed E-state index contributed by atoms with van der Waals surface area (Å²) >= 11 is 0. The molecule has 1 rings (SSSR count). The lowest BCUT2D eigenvalue weighted by molar-refractivity contribution is -0.250. The number of aliphatic imine (C=N–C) groups is 1. The zero-order chi connectivity index (χ0) is 22.8. The summed E-state index contributed by atoms with van der Waals surface area (Å²) in [5.74, 6) is -2.60. The number of hydrogen-bond donors (Lipinski definition) is 0. The lowest BCUT2D eigenvalue weighted by Gasteiger charge is -2.43. The second-order valence-electron chi connectivity index (χ2n) is 6.58.